The summed E-state index contributed by atoms with van der Waals surface area (Å²) in [6, 6.07) is 17.9. The fourth-order valence-electron chi connectivity index (χ4n) is 3.23. The fourth-order valence-corrected chi connectivity index (χ4v) is 3.64. The lowest BCUT2D eigenvalue weighted by Gasteiger charge is -2.22. The zero-order valence-electron chi connectivity index (χ0n) is 14.6. The second-order valence-corrected chi connectivity index (χ2v) is 7.24. The molecule has 2 aromatic carbocycles. The molecule has 0 bridgehead atoms. The number of hydrogen-bond donors (Lipinski definition) is 1. The van der Waals surface area contributed by atoms with Gasteiger partial charge in [-0.1, -0.05) is 30.3 Å². The Labute approximate surface area is 153 Å². The largest absolute Gasteiger partial charge is 0.481 e. The SMILES string of the molecule is CSc1ccc(OC(C)C(=O)N2C[C@@H](N)[C@H](c3ccccc3)C2)cc1. The molecule has 4 nitrogen and oxygen atoms in total. The summed E-state index contributed by atoms with van der Waals surface area (Å²) in [4.78, 5) is 15.7. The predicted octanol–water partition coefficient (Wildman–Crippen LogP) is 3.13. The van der Waals surface area contributed by atoms with E-state index in [0.29, 0.717) is 18.8 Å². The van der Waals surface area contributed by atoms with E-state index in [4.69, 9.17) is 10.5 Å². The minimum absolute atomic E-state index is 0.0113. The van der Waals surface area contributed by atoms with E-state index in [1.807, 2.05) is 53.6 Å². The first-order valence-electron chi connectivity index (χ1n) is 8.48. The summed E-state index contributed by atoms with van der Waals surface area (Å²) >= 11 is 1.68. The van der Waals surface area contributed by atoms with Gasteiger partial charge in [-0.15, -0.1) is 11.8 Å². The van der Waals surface area contributed by atoms with Crippen LogP contribution in [0.5, 0.6) is 5.75 Å². The molecule has 25 heavy (non-hydrogen) atoms. The summed E-state index contributed by atoms with van der Waals surface area (Å²) in [7, 11) is 0. The Kier molecular flexibility index (Phi) is 5.66. The monoisotopic (exact) mass is 356 g/mol. The molecule has 5 heteroatoms. The van der Waals surface area contributed by atoms with Crippen LogP contribution in [0.3, 0.4) is 0 Å². The summed E-state index contributed by atoms with van der Waals surface area (Å²) in [5.74, 6) is 0.878. The highest BCUT2D eigenvalue weighted by atomic mass is 32.2. The van der Waals surface area contributed by atoms with Gasteiger partial charge in [0.25, 0.3) is 5.91 Å². The minimum atomic E-state index is -0.526. The lowest BCUT2D eigenvalue weighted by atomic mass is 9.95. The zero-order valence-corrected chi connectivity index (χ0v) is 15.4. The van der Waals surface area contributed by atoms with Crippen LogP contribution in [-0.4, -0.2) is 42.3 Å². The topological polar surface area (TPSA) is 55.6 Å². The second kappa shape index (κ2) is 7.93. The number of nitrogens with zero attached hydrogens (tertiary/aromatic N) is 1. The van der Waals surface area contributed by atoms with E-state index < -0.39 is 6.10 Å². The van der Waals surface area contributed by atoms with Gasteiger partial charge in [-0.2, -0.15) is 0 Å². The minimum Gasteiger partial charge on any atom is -0.481 e. The molecule has 2 N–H and O–H groups in total. The van der Waals surface area contributed by atoms with Gasteiger partial charge in [0, 0.05) is 29.9 Å². The molecule has 0 saturated carbocycles. The van der Waals surface area contributed by atoms with Crippen LogP contribution < -0.4 is 10.5 Å². The molecule has 0 spiro atoms. The van der Waals surface area contributed by atoms with Crippen molar-refractivity contribution >= 4 is 17.7 Å². The molecule has 0 aromatic heterocycles. The van der Waals surface area contributed by atoms with Crippen molar-refractivity contribution in [1.29, 1.82) is 0 Å². The molecule has 2 aromatic rings. The molecular weight excluding hydrogens is 332 g/mol. The van der Waals surface area contributed by atoms with Crippen LogP contribution >= 0.6 is 11.8 Å². The van der Waals surface area contributed by atoms with Gasteiger partial charge in [-0.3, -0.25) is 4.79 Å². The maximum Gasteiger partial charge on any atom is 0.263 e. The third-order valence-electron chi connectivity index (χ3n) is 4.62. The van der Waals surface area contributed by atoms with Crippen molar-refractivity contribution in [1.82, 2.24) is 4.90 Å². The molecule has 0 aliphatic carbocycles. The Bertz CT molecular complexity index is 705. The number of rotatable bonds is 5. The molecule has 132 valence electrons. The summed E-state index contributed by atoms with van der Waals surface area (Å²) < 4.78 is 5.82. The van der Waals surface area contributed by atoms with Gasteiger partial charge in [-0.25, -0.2) is 0 Å². The first-order valence-corrected chi connectivity index (χ1v) is 9.71. The number of likely N-dealkylation sites (tertiary alicyclic amines) is 1. The maximum atomic E-state index is 12.7. The summed E-state index contributed by atoms with van der Waals surface area (Å²) in [5.41, 5.74) is 7.47. The van der Waals surface area contributed by atoms with E-state index in [0.717, 1.165) is 0 Å². The first-order chi connectivity index (χ1) is 12.1. The molecule has 1 saturated heterocycles. The highest BCUT2D eigenvalue weighted by Crippen LogP contribution is 2.27. The van der Waals surface area contributed by atoms with E-state index in [1.54, 1.807) is 18.7 Å². The second-order valence-electron chi connectivity index (χ2n) is 6.36. The average molecular weight is 356 g/mol. The van der Waals surface area contributed by atoms with Crippen molar-refractivity contribution in [3.8, 4) is 5.75 Å². The van der Waals surface area contributed by atoms with Crippen molar-refractivity contribution in [2.45, 2.75) is 29.9 Å². The third kappa shape index (κ3) is 4.17. The van der Waals surface area contributed by atoms with E-state index in [1.165, 1.54) is 10.5 Å². The Balaban J connectivity index is 1.62. The number of carbonyl (C=O) groups is 1. The van der Waals surface area contributed by atoms with Crippen LogP contribution in [0.25, 0.3) is 0 Å². The molecule has 1 fully saturated rings. The van der Waals surface area contributed by atoms with Gasteiger partial charge in [-0.05, 0) is 43.0 Å². The lowest BCUT2D eigenvalue weighted by Crippen LogP contribution is -2.40. The highest BCUT2D eigenvalue weighted by Gasteiger charge is 2.35. The number of benzene rings is 2. The van der Waals surface area contributed by atoms with Crippen LogP contribution in [0.4, 0.5) is 0 Å². The fraction of sp³-hybridized carbons (Fsp3) is 0.350. The predicted molar refractivity (Wildman–Crippen MR) is 102 cm³/mol. The molecule has 3 rings (SSSR count). The van der Waals surface area contributed by atoms with Crippen LogP contribution in [0.15, 0.2) is 59.5 Å². The number of hydrogen-bond acceptors (Lipinski definition) is 4. The van der Waals surface area contributed by atoms with Crippen molar-refractivity contribution in [3.05, 3.63) is 60.2 Å². The Morgan fingerprint density at radius 2 is 1.84 bits per heavy atom. The van der Waals surface area contributed by atoms with E-state index in [2.05, 4.69) is 12.1 Å². The first kappa shape index (κ1) is 17.8. The van der Waals surface area contributed by atoms with Crippen LogP contribution in [0.1, 0.15) is 18.4 Å². The quantitative estimate of drug-likeness (QED) is 0.836. The standard InChI is InChI=1S/C20H24N2O2S/c1-14(24-16-8-10-17(25-2)11-9-16)20(23)22-12-18(19(21)13-22)15-6-4-3-5-7-15/h3-11,14,18-19H,12-13,21H2,1-2H3/t14?,18-,19+/m0/s1. The van der Waals surface area contributed by atoms with Crippen LogP contribution in [0.2, 0.25) is 0 Å². The number of amides is 1. The summed E-state index contributed by atoms with van der Waals surface area (Å²) in [6.45, 7) is 3.01. The zero-order chi connectivity index (χ0) is 17.8. The number of thioether (sulfide) groups is 1. The van der Waals surface area contributed by atoms with Gasteiger partial charge in [0.05, 0.1) is 0 Å². The van der Waals surface area contributed by atoms with E-state index >= 15 is 0 Å². The lowest BCUT2D eigenvalue weighted by molar-refractivity contribution is -0.136. The Morgan fingerprint density at radius 1 is 1.16 bits per heavy atom. The highest BCUT2D eigenvalue weighted by molar-refractivity contribution is 7.98. The van der Waals surface area contributed by atoms with Gasteiger partial charge >= 0.3 is 0 Å². The van der Waals surface area contributed by atoms with E-state index in [9.17, 15) is 4.79 Å². The van der Waals surface area contributed by atoms with Gasteiger partial charge in [0.2, 0.25) is 0 Å². The van der Waals surface area contributed by atoms with Crippen molar-refractivity contribution in [2.75, 3.05) is 19.3 Å². The van der Waals surface area contributed by atoms with Crippen LogP contribution in [0, 0.1) is 0 Å². The van der Waals surface area contributed by atoms with Crippen molar-refractivity contribution < 1.29 is 9.53 Å². The summed E-state index contributed by atoms with van der Waals surface area (Å²) in [6.07, 6.45) is 1.50. The van der Waals surface area contributed by atoms with Crippen molar-refractivity contribution in [2.24, 2.45) is 5.73 Å². The van der Waals surface area contributed by atoms with E-state index in [-0.39, 0.29) is 17.9 Å². The molecule has 1 heterocycles. The maximum absolute atomic E-state index is 12.7. The molecule has 1 amide bonds. The van der Waals surface area contributed by atoms with Crippen molar-refractivity contribution in [3.63, 3.8) is 0 Å². The smallest absolute Gasteiger partial charge is 0.263 e. The Hall–Kier alpha value is -1.98. The molecule has 1 aliphatic heterocycles. The number of carbonyl (C=O) groups excluding carboxylic acids is 1. The Morgan fingerprint density at radius 3 is 2.48 bits per heavy atom. The van der Waals surface area contributed by atoms with Gasteiger partial charge in [0.15, 0.2) is 6.10 Å². The molecular formula is C20H24N2O2S. The third-order valence-corrected chi connectivity index (χ3v) is 5.37. The number of nitrogens with two attached hydrogens (primary N) is 1. The molecule has 1 unspecified atom stereocenters. The van der Waals surface area contributed by atoms with Crippen LogP contribution in [-0.2, 0) is 4.79 Å². The molecule has 3 atom stereocenters. The van der Waals surface area contributed by atoms with Gasteiger partial charge < -0.3 is 15.4 Å². The molecule has 1 aliphatic rings. The average Bonchev–Trinajstić information content (AvgIpc) is 3.04. The number of ether oxygens (including phenoxy) is 1. The summed E-state index contributed by atoms with van der Waals surface area (Å²) in [5, 5.41) is 0. The normalized spacial score (nSPS) is 21.2. The van der Waals surface area contributed by atoms with Gasteiger partial charge in [0.1, 0.15) is 5.75 Å². The molecule has 0 radical (unpaired) electrons.